The number of halogens is 1. The van der Waals surface area contributed by atoms with Crippen LogP contribution in [0.15, 0.2) is 28.8 Å². The van der Waals surface area contributed by atoms with E-state index < -0.39 is 5.82 Å². The van der Waals surface area contributed by atoms with Gasteiger partial charge in [0, 0.05) is 12.6 Å². The van der Waals surface area contributed by atoms with Crippen LogP contribution in [0.1, 0.15) is 48.9 Å². The highest BCUT2D eigenvalue weighted by atomic mass is 19.1. The van der Waals surface area contributed by atoms with Crippen LogP contribution in [0.5, 0.6) is 5.75 Å². The van der Waals surface area contributed by atoms with Gasteiger partial charge in [-0.2, -0.15) is 0 Å². The number of nitrogens with one attached hydrogen (secondary N) is 1. The molecule has 6 nitrogen and oxygen atoms in total. The second-order valence-corrected chi connectivity index (χ2v) is 6.29. The molecule has 3 rings (SSSR count). The van der Waals surface area contributed by atoms with Crippen LogP contribution in [-0.4, -0.2) is 29.7 Å². The maximum Gasteiger partial charge on any atom is 0.318 e. The van der Waals surface area contributed by atoms with E-state index >= 15 is 0 Å². The van der Waals surface area contributed by atoms with Crippen LogP contribution < -0.4 is 10.1 Å². The summed E-state index contributed by atoms with van der Waals surface area (Å²) in [5.74, 6) is 0.438. The highest BCUT2D eigenvalue weighted by Crippen LogP contribution is 2.32. The second kappa shape index (κ2) is 7.13. The summed E-state index contributed by atoms with van der Waals surface area (Å²) in [5, 5.41) is 6.83. The number of likely N-dealkylation sites (tertiary alicyclic amines) is 1. The molecule has 134 valence electrons. The molecule has 2 heterocycles. The van der Waals surface area contributed by atoms with Crippen molar-refractivity contribution in [2.75, 3.05) is 13.7 Å². The van der Waals surface area contributed by atoms with E-state index in [1.54, 1.807) is 17.0 Å². The van der Waals surface area contributed by atoms with Crippen molar-refractivity contribution in [1.29, 1.82) is 0 Å². The fraction of sp³-hybridized carbons (Fsp3) is 0.444. The number of aromatic nitrogens is 1. The van der Waals surface area contributed by atoms with E-state index in [1.165, 1.54) is 13.2 Å². The first-order valence-electron chi connectivity index (χ1n) is 8.33. The van der Waals surface area contributed by atoms with E-state index in [2.05, 4.69) is 10.5 Å². The molecular weight excluding hydrogens is 325 g/mol. The number of amides is 2. The van der Waals surface area contributed by atoms with E-state index in [1.807, 2.05) is 19.9 Å². The van der Waals surface area contributed by atoms with Crippen LogP contribution in [0, 0.1) is 12.7 Å². The largest absolute Gasteiger partial charge is 0.494 e. The van der Waals surface area contributed by atoms with Crippen LogP contribution in [0.3, 0.4) is 0 Å². The molecule has 0 aliphatic carbocycles. The lowest BCUT2D eigenvalue weighted by molar-refractivity contribution is 0.179. The molecule has 7 heteroatoms. The van der Waals surface area contributed by atoms with E-state index in [0.717, 1.165) is 18.5 Å². The van der Waals surface area contributed by atoms with Gasteiger partial charge >= 0.3 is 6.03 Å². The standard InChI is InChI=1S/C18H22FN3O3/c1-11-9-17(25-21-11)15-5-4-8-22(15)18(23)20-12(2)13-6-7-16(24-3)14(19)10-13/h6-7,9-10,12,15H,4-5,8H2,1-3H3,(H,20,23). The molecule has 1 aromatic heterocycles. The average molecular weight is 347 g/mol. The zero-order chi connectivity index (χ0) is 18.0. The van der Waals surface area contributed by atoms with Crippen molar-refractivity contribution in [3.8, 4) is 5.75 Å². The molecule has 1 aliphatic rings. The minimum absolute atomic E-state index is 0.110. The molecule has 2 atom stereocenters. The van der Waals surface area contributed by atoms with Crippen LogP contribution >= 0.6 is 0 Å². The summed E-state index contributed by atoms with van der Waals surface area (Å²) in [5.41, 5.74) is 1.47. The molecule has 1 aliphatic heterocycles. The van der Waals surface area contributed by atoms with Gasteiger partial charge in [-0.1, -0.05) is 11.2 Å². The Morgan fingerprint density at radius 2 is 2.28 bits per heavy atom. The summed E-state index contributed by atoms with van der Waals surface area (Å²) in [6.45, 7) is 4.33. The summed E-state index contributed by atoms with van der Waals surface area (Å²) in [6, 6.07) is 5.91. The van der Waals surface area contributed by atoms with Gasteiger partial charge in [-0.15, -0.1) is 0 Å². The Kier molecular flexibility index (Phi) is 4.92. The summed E-state index contributed by atoms with van der Waals surface area (Å²) in [7, 11) is 1.42. The minimum atomic E-state index is -0.447. The Bertz CT molecular complexity index is 762. The summed E-state index contributed by atoms with van der Waals surface area (Å²) in [6.07, 6.45) is 1.75. The van der Waals surface area contributed by atoms with Gasteiger partial charge in [0.2, 0.25) is 0 Å². The Morgan fingerprint density at radius 3 is 2.92 bits per heavy atom. The SMILES string of the molecule is COc1ccc(C(C)NC(=O)N2CCCC2c2cc(C)no2)cc1F. The first kappa shape index (κ1) is 17.3. The Balaban J connectivity index is 1.69. The van der Waals surface area contributed by atoms with Gasteiger partial charge in [-0.25, -0.2) is 9.18 Å². The lowest BCUT2D eigenvalue weighted by atomic mass is 10.1. The van der Waals surface area contributed by atoms with Crippen molar-refractivity contribution >= 4 is 6.03 Å². The normalized spacial score (nSPS) is 18.2. The number of ether oxygens (including phenoxy) is 1. The molecule has 1 saturated heterocycles. The van der Waals surface area contributed by atoms with Gasteiger partial charge < -0.3 is 19.5 Å². The smallest absolute Gasteiger partial charge is 0.318 e. The van der Waals surface area contributed by atoms with Gasteiger partial charge in [-0.3, -0.25) is 0 Å². The number of rotatable bonds is 4. The van der Waals surface area contributed by atoms with E-state index in [0.29, 0.717) is 17.9 Å². The van der Waals surface area contributed by atoms with Crippen molar-refractivity contribution in [3.63, 3.8) is 0 Å². The van der Waals surface area contributed by atoms with Crippen LogP contribution in [0.4, 0.5) is 9.18 Å². The number of aryl methyl sites for hydroxylation is 1. The summed E-state index contributed by atoms with van der Waals surface area (Å²) >= 11 is 0. The molecule has 2 unspecified atom stereocenters. The van der Waals surface area contributed by atoms with Crippen molar-refractivity contribution in [2.45, 2.75) is 38.8 Å². The zero-order valence-electron chi connectivity index (χ0n) is 14.6. The van der Waals surface area contributed by atoms with Crippen LogP contribution in [-0.2, 0) is 0 Å². The fourth-order valence-electron chi connectivity index (χ4n) is 3.15. The van der Waals surface area contributed by atoms with Crippen LogP contribution in [0.25, 0.3) is 0 Å². The number of carbonyl (C=O) groups is 1. The van der Waals surface area contributed by atoms with Crippen molar-refractivity contribution in [2.24, 2.45) is 0 Å². The quantitative estimate of drug-likeness (QED) is 0.915. The third-order valence-corrected chi connectivity index (χ3v) is 4.50. The second-order valence-electron chi connectivity index (χ2n) is 6.29. The molecule has 1 N–H and O–H groups in total. The maximum absolute atomic E-state index is 13.9. The fourth-order valence-corrected chi connectivity index (χ4v) is 3.15. The van der Waals surface area contributed by atoms with Crippen molar-refractivity contribution in [1.82, 2.24) is 15.4 Å². The van der Waals surface area contributed by atoms with Gasteiger partial charge in [0.1, 0.15) is 0 Å². The minimum Gasteiger partial charge on any atom is -0.494 e. The lowest BCUT2D eigenvalue weighted by Gasteiger charge is -2.25. The highest BCUT2D eigenvalue weighted by Gasteiger charge is 2.33. The molecule has 0 spiro atoms. The molecular formula is C18H22FN3O3. The molecule has 0 bridgehead atoms. The topological polar surface area (TPSA) is 67.6 Å². The number of urea groups is 1. The highest BCUT2D eigenvalue weighted by molar-refractivity contribution is 5.75. The molecule has 2 amide bonds. The van der Waals surface area contributed by atoms with Gasteiger partial charge in [0.05, 0.1) is 24.9 Å². The van der Waals surface area contributed by atoms with E-state index in [9.17, 15) is 9.18 Å². The third-order valence-electron chi connectivity index (χ3n) is 4.50. The predicted molar refractivity (Wildman–Crippen MR) is 89.8 cm³/mol. The van der Waals surface area contributed by atoms with Crippen LogP contribution in [0.2, 0.25) is 0 Å². The number of methoxy groups -OCH3 is 1. The first-order chi connectivity index (χ1) is 12.0. The monoisotopic (exact) mass is 347 g/mol. The van der Waals surface area contributed by atoms with E-state index in [4.69, 9.17) is 9.26 Å². The Morgan fingerprint density at radius 1 is 1.48 bits per heavy atom. The maximum atomic E-state index is 13.9. The lowest BCUT2D eigenvalue weighted by Crippen LogP contribution is -2.40. The first-order valence-corrected chi connectivity index (χ1v) is 8.33. The number of benzene rings is 1. The predicted octanol–water partition coefficient (Wildman–Crippen LogP) is 3.74. The van der Waals surface area contributed by atoms with Gasteiger partial charge in [0.15, 0.2) is 17.3 Å². The average Bonchev–Trinajstić information content (AvgIpc) is 3.23. The van der Waals surface area contributed by atoms with Crippen molar-refractivity contribution in [3.05, 3.63) is 47.1 Å². The zero-order valence-corrected chi connectivity index (χ0v) is 14.6. The number of hydrogen-bond donors (Lipinski definition) is 1. The molecule has 0 saturated carbocycles. The third kappa shape index (κ3) is 3.60. The Hall–Kier alpha value is -2.57. The van der Waals surface area contributed by atoms with E-state index in [-0.39, 0.29) is 23.9 Å². The molecule has 25 heavy (non-hydrogen) atoms. The van der Waals surface area contributed by atoms with Gasteiger partial charge in [-0.05, 0) is 44.4 Å². The number of nitrogens with zero attached hydrogens (tertiary/aromatic N) is 2. The summed E-state index contributed by atoms with van der Waals surface area (Å²) < 4.78 is 24.1. The molecule has 1 aromatic carbocycles. The van der Waals surface area contributed by atoms with Gasteiger partial charge in [0.25, 0.3) is 0 Å². The molecule has 2 aromatic rings. The molecule has 0 radical (unpaired) electrons. The summed E-state index contributed by atoms with van der Waals surface area (Å²) in [4.78, 5) is 14.4. The number of carbonyl (C=O) groups excluding carboxylic acids is 1. The molecule has 1 fully saturated rings. The van der Waals surface area contributed by atoms with Crippen molar-refractivity contribution < 1.29 is 18.4 Å². The Labute approximate surface area is 145 Å². The number of hydrogen-bond acceptors (Lipinski definition) is 4.